The molecule has 0 saturated heterocycles. The fraction of sp³-hybridized carbons (Fsp3) is 0.0588. The molecule has 0 bridgehead atoms. The Labute approximate surface area is 122 Å². The standard InChI is InChI=1S/C17H13NO3/c18-11-15-10-16(8-6-14(15)7-9-17(19)20)21-12-13-4-2-1-3-5-13/h1-10H,12H2,(H,19,20)/b9-7+. The summed E-state index contributed by atoms with van der Waals surface area (Å²) in [7, 11) is 0. The molecule has 2 aromatic rings. The molecular formula is C17H13NO3. The van der Waals surface area contributed by atoms with Gasteiger partial charge >= 0.3 is 5.97 Å². The van der Waals surface area contributed by atoms with Crippen molar-refractivity contribution < 1.29 is 14.6 Å². The van der Waals surface area contributed by atoms with Crippen molar-refractivity contribution in [2.24, 2.45) is 0 Å². The van der Waals surface area contributed by atoms with Crippen LogP contribution < -0.4 is 4.74 Å². The summed E-state index contributed by atoms with van der Waals surface area (Å²) >= 11 is 0. The van der Waals surface area contributed by atoms with Gasteiger partial charge in [-0.15, -0.1) is 0 Å². The Bertz CT molecular complexity index is 700. The Morgan fingerprint density at radius 3 is 2.67 bits per heavy atom. The van der Waals surface area contributed by atoms with Crippen LogP contribution in [0.15, 0.2) is 54.6 Å². The van der Waals surface area contributed by atoms with Crippen LogP contribution >= 0.6 is 0 Å². The van der Waals surface area contributed by atoms with Crippen molar-refractivity contribution in [1.29, 1.82) is 5.26 Å². The zero-order chi connectivity index (χ0) is 15.1. The molecule has 0 spiro atoms. The number of carboxylic acid groups (broad SMARTS) is 1. The number of ether oxygens (including phenoxy) is 1. The Morgan fingerprint density at radius 2 is 2.00 bits per heavy atom. The van der Waals surface area contributed by atoms with Crippen LogP contribution in [0.2, 0.25) is 0 Å². The molecule has 0 saturated carbocycles. The molecule has 104 valence electrons. The maximum atomic E-state index is 10.5. The van der Waals surface area contributed by atoms with Crippen LogP contribution in [0.25, 0.3) is 6.08 Å². The molecule has 1 N–H and O–H groups in total. The van der Waals surface area contributed by atoms with Gasteiger partial charge in [-0.05, 0) is 35.4 Å². The van der Waals surface area contributed by atoms with Crippen LogP contribution in [0, 0.1) is 11.3 Å². The van der Waals surface area contributed by atoms with Crippen molar-refractivity contribution in [2.75, 3.05) is 0 Å². The van der Waals surface area contributed by atoms with Gasteiger partial charge in [0.2, 0.25) is 0 Å². The smallest absolute Gasteiger partial charge is 0.328 e. The minimum atomic E-state index is -1.05. The van der Waals surface area contributed by atoms with Crippen molar-refractivity contribution in [2.45, 2.75) is 6.61 Å². The van der Waals surface area contributed by atoms with E-state index in [1.165, 1.54) is 6.08 Å². The topological polar surface area (TPSA) is 70.3 Å². The molecule has 0 atom stereocenters. The molecule has 0 aliphatic rings. The monoisotopic (exact) mass is 279 g/mol. The molecule has 0 fully saturated rings. The van der Waals surface area contributed by atoms with E-state index in [0.29, 0.717) is 23.5 Å². The van der Waals surface area contributed by atoms with E-state index >= 15 is 0 Å². The van der Waals surface area contributed by atoms with Gasteiger partial charge in [-0.3, -0.25) is 0 Å². The molecule has 4 heteroatoms. The van der Waals surface area contributed by atoms with Crippen molar-refractivity contribution in [3.63, 3.8) is 0 Å². The first-order chi connectivity index (χ1) is 10.2. The maximum absolute atomic E-state index is 10.5. The number of carboxylic acids is 1. The average Bonchev–Trinajstić information content (AvgIpc) is 2.52. The molecule has 0 heterocycles. The molecule has 0 radical (unpaired) electrons. The van der Waals surface area contributed by atoms with E-state index in [2.05, 4.69) is 0 Å². The van der Waals surface area contributed by atoms with E-state index in [1.54, 1.807) is 18.2 Å². The lowest BCUT2D eigenvalue weighted by Crippen LogP contribution is -1.96. The molecular weight excluding hydrogens is 266 g/mol. The van der Waals surface area contributed by atoms with Gasteiger partial charge in [-0.2, -0.15) is 5.26 Å². The largest absolute Gasteiger partial charge is 0.489 e. The molecule has 2 rings (SSSR count). The van der Waals surface area contributed by atoms with Gasteiger partial charge in [0.15, 0.2) is 0 Å². The van der Waals surface area contributed by atoms with Gasteiger partial charge in [-0.1, -0.05) is 30.3 Å². The fourth-order valence-corrected chi connectivity index (χ4v) is 1.77. The predicted molar refractivity (Wildman–Crippen MR) is 78.6 cm³/mol. The first kappa shape index (κ1) is 14.4. The second-order valence-corrected chi connectivity index (χ2v) is 4.31. The number of hydrogen-bond acceptors (Lipinski definition) is 3. The summed E-state index contributed by atoms with van der Waals surface area (Å²) in [6.07, 6.45) is 2.39. The molecule has 0 aliphatic heterocycles. The van der Waals surface area contributed by atoms with E-state index in [0.717, 1.165) is 11.6 Å². The summed E-state index contributed by atoms with van der Waals surface area (Å²) in [4.78, 5) is 10.5. The second-order valence-electron chi connectivity index (χ2n) is 4.31. The van der Waals surface area contributed by atoms with Gasteiger partial charge in [-0.25, -0.2) is 4.79 Å². The molecule has 0 aliphatic carbocycles. The second kappa shape index (κ2) is 6.92. The third kappa shape index (κ3) is 4.22. The minimum absolute atomic E-state index is 0.373. The van der Waals surface area contributed by atoms with E-state index in [-0.39, 0.29) is 0 Å². The number of aliphatic carboxylic acids is 1. The minimum Gasteiger partial charge on any atom is -0.489 e. The highest BCUT2D eigenvalue weighted by Crippen LogP contribution is 2.19. The summed E-state index contributed by atoms with van der Waals surface area (Å²) < 4.78 is 5.62. The normalized spacial score (nSPS) is 10.2. The van der Waals surface area contributed by atoms with Crippen molar-refractivity contribution >= 4 is 12.0 Å². The van der Waals surface area contributed by atoms with Gasteiger partial charge in [0.05, 0.1) is 11.6 Å². The number of carbonyl (C=O) groups is 1. The number of benzene rings is 2. The highest BCUT2D eigenvalue weighted by atomic mass is 16.5. The third-order valence-electron chi connectivity index (χ3n) is 2.80. The summed E-state index contributed by atoms with van der Waals surface area (Å²) in [5, 5.41) is 17.7. The summed E-state index contributed by atoms with van der Waals surface area (Å²) in [6.45, 7) is 0.413. The average molecular weight is 279 g/mol. The highest BCUT2D eigenvalue weighted by Gasteiger charge is 2.03. The highest BCUT2D eigenvalue weighted by molar-refractivity contribution is 5.85. The lowest BCUT2D eigenvalue weighted by molar-refractivity contribution is -0.131. The van der Waals surface area contributed by atoms with Crippen molar-refractivity contribution in [3.8, 4) is 11.8 Å². The SMILES string of the molecule is N#Cc1cc(OCc2ccccc2)ccc1/C=C/C(=O)O. The number of rotatable bonds is 5. The molecule has 0 amide bonds. The van der Waals surface area contributed by atoms with E-state index in [4.69, 9.17) is 15.1 Å². The molecule has 21 heavy (non-hydrogen) atoms. The summed E-state index contributed by atoms with van der Waals surface area (Å²) in [6, 6.07) is 16.7. The molecule has 0 aromatic heterocycles. The number of hydrogen-bond donors (Lipinski definition) is 1. The van der Waals surface area contributed by atoms with E-state index in [1.807, 2.05) is 36.4 Å². The number of nitrogens with zero attached hydrogens (tertiary/aromatic N) is 1. The van der Waals surface area contributed by atoms with Gasteiger partial charge in [0.1, 0.15) is 12.4 Å². The quantitative estimate of drug-likeness (QED) is 0.853. The summed E-state index contributed by atoms with van der Waals surface area (Å²) in [5.41, 5.74) is 1.95. The first-order valence-corrected chi connectivity index (χ1v) is 6.31. The number of nitriles is 1. The van der Waals surface area contributed by atoms with Gasteiger partial charge in [0, 0.05) is 6.08 Å². The van der Waals surface area contributed by atoms with E-state index < -0.39 is 5.97 Å². The fourth-order valence-electron chi connectivity index (χ4n) is 1.77. The van der Waals surface area contributed by atoms with Gasteiger partial charge in [0.25, 0.3) is 0 Å². The Kier molecular flexibility index (Phi) is 4.73. The molecule has 0 unspecified atom stereocenters. The van der Waals surface area contributed by atoms with Crippen LogP contribution in [0.4, 0.5) is 0 Å². The third-order valence-corrected chi connectivity index (χ3v) is 2.80. The van der Waals surface area contributed by atoms with Crippen LogP contribution in [0.5, 0.6) is 5.75 Å². The lowest BCUT2D eigenvalue weighted by atomic mass is 10.1. The predicted octanol–water partition coefficient (Wildman–Crippen LogP) is 3.24. The Balaban J connectivity index is 2.12. The zero-order valence-electron chi connectivity index (χ0n) is 11.2. The van der Waals surface area contributed by atoms with Crippen LogP contribution in [-0.2, 0) is 11.4 Å². The zero-order valence-corrected chi connectivity index (χ0v) is 11.2. The Morgan fingerprint density at radius 1 is 1.24 bits per heavy atom. The first-order valence-electron chi connectivity index (χ1n) is 6.31. The van der Waals surface area contributed by atoms with Gasteiger partial charge < -0.3 is 9.84 Å². The van der Waals surface area contributed by atoms with E-state index in [9.17, 15) is 4.79 Å². The maximum Gasteiger partial charge on any atom is 0.328 e. The summed E-state index contributed by atoms with van der Waals surface area (Å²) in [5.74, 6) is -0.480. The van der Waals surface area contributed by atoms with Crippen LogP contribution in [0.1, 0.15) is 16.7 Å². The lowest BCUT2D eigenvalue weighted by Gasteiger charge is -2.07. The van der Waals surface area contributed by atoms with Crippen LogP contribution in [-0.4, -0.2) is 11.1 Å². The van der Waals surface area contributed by atoms with Crippen molar-refractivity contribution in [3.05, 3.63) is 71.3 Å². The Hall–Kier alpha value is -3.06. The van der Waals surface area contributed by atoms with Crippen molar-refractivity contribution in [1.82, 2.24) is 0 Å². The molecule has 4 nitrogen and oxygen atoms in total. The van der Waals surface area contributed by atoms with Crippen LogP contribution in [0.3, 0.4) is 0 Å². The molecule has 2 aromatic carbocycles.